The number of anilines is 2. The number of halogens is 1. The molecule has 5 aromatic rings. The van der Waals surface area contributed by atoms with Crippen molar-refractivity contribution in [2.24, 2.45) is 16.7 Å². The number of hydrogen-bond donors (Lipinski definition) is 3. The van der Waals surface area contributed by atoms with Gasteiger partial charge < -0.3 is 30.2 Å². The van der Waals surface area contributed by atoms with E-state index < -0.39 is 10.8 Å². The second kappa shape index (κ2) is 17.9. The number of aromatic amines is 1. The molecule has 2 aliphatic heterocycles. The lowest BCUT2D eigenvalue weighted by Crippen LogP contribution is -2.74. The molecule has 328 valence electrons. The number of piperidine rings is 1. The van der Waals surface area contributed by atoms with Gasteiger partial charge >= 0.3 is 0 Å². The lowest BCUT2D eigenvalue weighted by atomic mass is 9.49. The van der Waals surface area contributed by atoms with Crippen LogP contribution in [-0.4, -0.2) is 99.6 Å². The number of rotatable bonds is 12. The molecule has 0 bridgehead atoms. The van der Waals surface area contributed by atoms with Crippen LogP contribution in [0.15, 0.2) is 72.0 Å². The summed E-state index contributed by atoms with van der Waals surface area (Å²) in [5.41, 5.74) is 4.69. The molecule has 0 spiro atoms. The minimum absolute atomic E-state index is 0.0529. The number of fused-ring (bicyclic) bond motifs is 1. The van der Waals surface area contributed by atoms with E-state index >= 15 is 0 Å². The van der Waals surface area contributed by atoms with Crippen LogP contribution in [-0.2, 0) is 13.0 Å². The van der Waals surface area contributed by atoms with Gasteiger partial charge in [-0.2, -0.15) is 5.26 Å². The predicted octanol–water partition coefficient (Wildman–Crippen LogP) is 5.78. The zero-order valence-corrected chi connectivity index (χ0v) is 37.2. The number of benzene rings is 1. The fourth-order valence-electron chi connectivity index (χ4n) is 9.72. The van der Waals surface area contributed by atoms with Crippen molar-refractivity contribution < 1.29 is 14.3 Å². The molecule has 1 aliphatic carbocycles. The molecule has 3 fully saturated rings. The van der Waals surface area contributed by atoms with E-state index in [4.69, 9.17) is 16.3 Å². The van der Waals surface area contributed by atoms with Crippen molar-refractivity contribution >= 4 is 46.1 Å². The zero-order valence-electron chi connectivity index (χ0n) is 36.4. The number of aromatic nitrogens is 5. The monoisotopic (exact) mass is 871 g/mol. The first-order valence-electron chi connectivity index (χ1n) is 21.7. The van der Waals surface area contributed by atoms with Crippen LogP contribution in [0.2, 0.25) is 5.02 Å². The van der Waals surface area contributed by atoms with E-state index in [-0.39, 0.29) is 29.5 Å². The Balaban J connectivity index is 0.754. The number of hydrogen-bond acceptors (Lipinski definition) is 12. The number of carbonyl (C=O) groups is 2. The minimum Gasteiger partial charge on any atom is -0.489 e. The highest BCUT2D eigenvalue weighted by Crippen LogP contribution is 2.55. The summed E-state index contributed by atoms with van der Waals surface area (Å²) in [6.45, 7) is 16.4. The quantitative estimate of drug-likeness (QED) is 0.138. The number of ether oxygens (including phenoxy) is 1. The second-order valence-corrected chi connectivity index (χ2v) is 18.5. The van der Waals surface area contributed by atoms with Crippen molar-refractivity contribution in [2.45, 2.75) is 72.6 Å². The third-order valence-electron chi connectivity index (χ3n) is 13.1. The maximum absolute atomic E-state index is 13.4. The zero-order chi connectivity index (χ0) is 44.5. The number of nitrogens with one attached hydrogen (secondary N) is 3. The van der Waals surface area contributed by atoms with Gasteiger partial charge in [0.2, 0.25) is 5.95 Å². The summed E-state index contributed by atoms with van der Waals surface area (Å²) in [6, 6.07) is 14.6. The number of pyridine rings is 3. The smallest absolute Gasteiger partial charge is 0.269 e. The van der Waals surface area contributed by atoms with Crippen molar-refractivity contribution in [3.63, 3.8) is 0 Å². The maximum Gasteiger partial charge on any atom is 0.269 e. The Bertz CT molecular complexity index is 2560. The summed E-state index contributed by atoms with van der Waals surface area (Å²) >= 11 is 6.24. The van der Waals surface area contributed by atoms with E-state index in [0.717, 1.165) is 86.5 Å². The Labute approximate surface area is 372 Å². The van der Waals surface area contributed by atoms with Crippen molar-refractivity contribution in [1.82, 2.24) is 40.5 Å². The molecule has 1 aromatic carbocycles. The van der Waals surface area contributed by atoms with Crippen LogP contribution in [0.3, 0.4) is 0 Å². The Morgan fingerprint density at radius 1 is 0.889 bits per heavy atom. The molecule has 0 atom stereocenters. The molecule has 15 nitrogen and oxygen atoms in total. The largest absolute Gasteiger partial charge is 0.489 e. The topological polar surface area (TPSA) is 185 Å². The summed E-state index contributed by atoms with van der Waals surface area (Å²) in [5.74, 6) is 1.03. The third kappa shape index (κ3) is 9.19. The highest BCUT2D eigenvalue weighted by Gasteiger charge is 2.64. The first-order valence-corrected chi connectivity index (χ1v) is 22.1. The van der Waals surface area contributed by atoms with Crippen molar-refractivity contribution in [1.29, 1.82) is 5.26 Å². The number of piperazine rings is 1. The van der Waals surface area contributed by atoms with E-state index in [0.29, 0.717) is 52.4 Å². The summed E-state index contributed by atoms with van der Waals surface area (Å²) in [7, 11) is 0. The average Bonchev–Trinajstić information content (AvgIpc) is 3.29. The van der Waals surface area contributed by atoms with Crippen molar-refractivity contribution in [3.8, 4) is 11.8 Å². The molecule has 0 unspecified atom stereocenters. The van der Waals surface area contributed by atoms with E-state index in [9.17, 15) is 19.6 Å². The van der Waals surface area contributed by atoms with Gasteiger partial charge in [-0.05, 0) is 67.1 Å². The van der Waals surface area contributed by atoms with Crippen LogP contribution in [0.4, 0.5) is 11.6 Å². The van der Waals surface area contributed by atoms with Gasteiger partial charge in [-0.25, -0.2) is 15.0 Å². The van der Waals surface area contributed by atoms with Crippen molar-refractivity contribution in [2.75, 3.05) is 55.6 Å². The molecule has 63 heavy (non-hydrogen) atoms. The fourth-order valence-corrected chi connectivity index (χ4v) is 9.94. The van der Waals surface area contributed by atoms with E-state index in [1.54, 1.807) is 42.9 Å². The Morgan fingerprint density at radius 3 is 2.27 bits per heavy atom. The lowest BCUT2D eigenvalue weighted by Gasteiger charge is -2.63. The first kappa shape index (κ1) is 43.5. The Hall–Kier alpha value is -6.11. The van der Waals surface area contributed by atoms with Crippen LogP contribution in [0.25, 0.3) is 11.0 Å². The maximum atomic E-state index is 13.4. The van der Waals surface area contributed by atoms with Gasteiger partial charge in [-0.15, -0.1) is 0 Å². The standard InChI is InChI=1S/C47H54ClN11O4/c1-6-31-20-38-39(55-40(31)60)19-30(24-50-38)28-57-15-17-58(18-16-57)34-8-10-37(51-27-34)42(62)52-23-29-11-13-59(14-12-29)45-53-25-33(26-54-45)41(61)56-43-46(2,3)44(47(43,4)5)63-35-9-7-32(22-49)36(48)21-35/h7-10,19-21,24-27,29,43-44H,6,11-18,23,28H2,1-5H3,(H,52,62)(H,55,60)(H,56,61). The first-order chi connectivity index (χ1) is 30.2. The summed E-state index contributed by atoms with van der Waals surface area (Å²) < 4.78 is 6.36. The SMILES string of the molecule is CCc1cc2ncc(CN3CCN(c4ccc(C(=O)NCC5CCN(c6ncc(C(=O)NC7C(C)(C)C(Oc8ccc(C#N)c(Cl)c8)C7(C)C)cn6)CC5)nc4)CC3)cc2[nH]c1=O. The molecule has 2 amide bonds. The second-order valence-electron chi connectivity index (χ2n) is 18.1. The summed E-state index contributed by atoms with van der Waals surface area (Å²) in [5, 5.41) is 15.8. The van der Waals surface area contributed by atoms with Gasteiger partial charge in [-0.3, -0.25) is 24.3 Å². The Morgan fingerprint density at radius 2 is 1.62 bits per heavy atom. The van der Waals surface area contributed by atoms with Gasteiger partial charge in [0.15, 0.2) is 0 Å². The highest BCUT2D eigenvalue weighted by molar-refractivity contribution is 6.31. The van der Waals surface area contributed by atoms with Gasteiger partial charge in [0.1, 0.15) is 23.6 Å². The molecule has 8 rings (SSSR count). The molecule has 1 saturated carbocycles. The number of H-pyrrole nitrogens is 1. The molecule has 4 aromatic heterocycles. The highest BCUT2D eigenvalue weighted by atomic mass is 35.5. The molecule has 0 radical (unpaired) electrons. The van der Waals surface area contributed by atoms with Gasteiger partial charge in [0.25, 0.3) is 17.4 Å². The number of nitrogens with zero attached hydrogens (tertiary/aromatic N) is 8. The summed E-state index contributed by atoms with van der Waals surface area (Å²) in [4.78, 5) is 66.8. The fraction of sp³-hybridized carbons (Fsp3) is 0.447. The molecular formula is C47H54ClN11O4. The molecule has 6 heterocycles. The minimum atomic E-state index is -0.395. The van der Waals surface area contributed by atoms with Gasteiger partial charge in [-0.1, -0.05) is 46.2 Å². The van der Waals surface area contributed by atoms with Gasteiger partial charge in [0, 0.05) is 99.5 Å². The number of amides is 2. The normalized spacial score (nSPS) is 19.8. The van der Waals surface area contributed by atoms with Crippen LogP contribution < -0.4 is 30.7 Å². The predicted molar refractivity (Wildman–Crippen MR) is 242 cm³/mol. The molecule has 3 N–H and O–H groups in total. The number of nitriles is 1. The average molecular weight is 872 g/mol. The van der Waals surface area contributed by atoms with Crippen LogP contribution in [0, 0.1) is 28.1 Å². The van der Waals surface area contributed by atoms with E-state index in [1.807, 2.05) is 31.3 Å². The molecule has 3 aliphatic rings. The van der Waals surface area contributed by atoms with Crippen molar-refractivity contribution in [3.05, 3.63) is 111 Å². The van der Waals surface area contributed by atoms with E-state index in [1.165, 1.54) is 0 Å². The van der Waals surface area contributed by atoms with Crippen LogP contribution >= 0.6 is 11.6 Å². The molecular weight excluding hydrogens is 818 g/mol. The molecule has 2 saturated heterocycles. The molecule has 16 heteroatoms. The number of carbonyl (C=O) groups excluding carboxylic acids is 2. The van der Waals surface area contributed by atoms with Gasteiger partial charge in [0.05, 0.1) is 39.1 Å². The number of aryl methyl sites for hydroxylation is 1. The van der Waals surface area contributed by atoms with Crippen LogP contribution in [0.1, 0.15) is 85.0 Å². The lowest BCUT2D eigenvalue weighted by molar-refractivity contribution is -0.164. The third-order valence-corrected chi connectivity index (χ3v) is 13.4. The van der Waals surface area contributed by atoms with Crippen LogP contribution in [0.5, 0.6) is 5.75 Å². The summed E-state index contributed by atoms with van der Waals surface area (Å²) in [6.07, 6.45) is 9.02. The van der Waals surface area contributed by atoms with E-state index in [2.05, 4.69) is 84.0 Å². The Kier molecular flexibility index (Phi) is 12.4.